The van der Waals surface area contributed by atoms with Crippen LogP contribution >= 0.6 is 0 Å². The number of benzene rings is 10. The third kappa shape index (κ3) is 6.73. The van der Waals surface area contributed by atoms with Crippen LogP contribution in [0.15, 0.2) is 249 Å². The lowest BCUT2D eigenvalue weighted by atomic mass is 9.67. The van der Waals surface area contributed by atoms with Crippen molar-refractivity contribution in [3.05, 3.63) is 271 Å². The van der Waals surface area contributed by atoms with Crippen molar-refractivity contribution in [2.75, 3.05) is 0 Å². The summed E-state index contributed by atoms with van der Waals surface area (Å²) in [7, 11) is 0. The van der Waals surface area contributed by atoms with E-state index in [0.29, 0.717) is 17.5 Å². The summed E-state index contributed by atoms with van der Waals surface area (Å²) in [6.45, 7) is 0. The molecule has 0 saturated heterocycles. The van der Waals surface area contributed by atoms with Crippen molar-refractivity contribution in [1.82, 2.24) is 15.0 Å². The number of nitrogens with zero attached hydrogens (tertiary/aromatic N) is 3. The van der Waals surface area contributed by atoms with E-state index in [-0.39, 0.29) is 0 Å². The molecule has 1 heterocycles. The van der Waals surface area contributed by atoms with Crippen LogP contribution in [-0.4, -0.2) is 15.0 Å². The molecular formula is C62H41N3. The largest absolute Gasteiger partial charge is 0.208 e. The van der Waals surface area contributed by atoms with Gasteiger partial charge in [-0.1, -0.05) is 218 Å². The molecule has 0 aliphatic heterocycles. The van der Waals surface area contributed by atoms with Gasteiger partial charge in [0.05, 0.1) is 5.41 Å². The van der Waals surface area contributed by atoms with E-state index in [1.165, 1.54) is 49.7 Å². The number of aromatic nitrogens is 3. The molecule has 0 spiro atoms. The summed E-state index contributed by atoms with van der Waals surface area (Å²) in [5.74, 6) is 1.86. The first-order chi connectivity index (χ1) is 32.2. The van der Waals surface area contributed by atoms with Crippen molar-refractivity contribution >= 4 is 10.8 Å². The van der Waals surface area contributed by atoms with E-state index in [1.807, 2.05) is 24.3 Å². The second-order valence-electron chi connectivity index (χ2n) is 16.8. The van der Waals surface area contributed by atoms with E-state index in [2.05, 4.69) is 224 Å². The summed E-state index contributed by atoms with van der Waals surface area (Å²) in [5, 5.41) is 2.40. The molecule has 0 amide bonds. The average Bonchev–Trinajstić information content (AvgIpc) is 3.69. The van der Waals surface area contributed by atoms with Gasteiger partial charge in [0.15, 0.2) is 17.5 Å². The van der Waals surface area contributed by atoms with Gasteiger partial charge in [-0.15, -0.1) is 0 Å². The SMILES string of the molecule is c1ccc(-c2ccc(-c3nc(-c4ccccc4)nc(-c4cc(-c5ccc6c(c5)C(c5ccccc5)(c5ccccc5)c5ccccc5-6)cc(-c5ccc6ccccc6c5)c4)n3)cc2)cc1. The zero-order valence-corrected chi connectivity index (χ0v) is 35.5. The number of hydrogen-bond donors (Lipinski definition) is 0. The topological polar surface area (TPSA) is 38.7 Å². The van der Waals surface area contributed by atoms with Gasteiger partial charge in [-0.3, -0.25) is 0 Å². The normalized spacial score (nSPS) is 12.4. The highest BCUT2D eigenvalue weighted by atomic mass is 15.0. The van der Waals surface area contributed by atoms with Crippen LogP contribution in [0.1, 0.15) is 22.3 Å². The first-order valence-electron chi connectivity index (χ1n) is 22.2. The Labute approximate surface area is 379 Å². The molecule has 304 valence electrons. The van der Waals surface area contributed by atoms with Crippen molar-refractivity contribution in [3.8, 4) is 78.7 Å². The summed E-state index contributed by atoms with van der Waals surface area (Å²) in [6.07, 6.45) is 0. The number of fused-ring (bicyclic) bond motifs is 4. The van der Waals surface area contributed by atoms with Crippen LogP contribution in [0.25, 0.3) is 89.4 Å². The molecule has 65 heavy (non-hydrogen) atoms. The second kappa shape index (κ2) is 16.0. The molecule has 3 heteroatoms. The predicted octanol–water partition coefficient (Wildman–Crippen LogP) is 15.4. The van der Waals surface area contributed by atoms with E-state index < -0.39 is 5.41 Å². The van der Waals surface area contributed by atoms with Crippen LogP contribution in [0.4, 0.5) is 0 Å². The maximum atomic E-state index is 5.29. The zero-order chi connectivity index (χ0) is 43.2. The zero-order valence-electron chi connectivity index (χ0n) is 35.5. The molecule has 0 atom stereocenters. The number of hydrogen-bond acceptors (Lipinski definition) is 3. The molecule has 0 N–H and O–H groups in total. The first kappa shape index (κ1) is 38.2. The summed E-state index contributed by atoms with van der Waals surface area (Å²) >= 11 is 0. The Balaban J connectivity index is 1.08. The van der Waals surface area contributed by atoms with Gasteiger partial charge in [0.25, 0.3) is 0 Å². The lowest BCUT2D eigenvalue weighted by molar-refractivity contribution is 0.769. The van der Waals surface area contributed by atoms with Crippen molar-refractivity contribution in [1.29, 1.82) is 0 Å². The maximum Gasteiger partial charge on any atom is 0.164 e. The van der Waals surface area contributed by atoms with Crippen LogP contribution < -0.4 is 0 Å². The van der Waals surface area contributed by atoms with Crippen LogP contribution in [0.5, 0.6) is 0 Å². The van der Waals surface area contributed by atoms with Crippen LogP contribution in [-0.2, 0) is 5.41 Å². The summed E-state index contributed by atoms with van der Waals surface area (Å²) in [5.41, 5.74) is 16.5. The highest BCUT2D eigenvalue weighted by Crippen LogP contribution is 2.56. The Morgan fingerprint density at radius 3 is 1.29 bits per heavy atom. The van der Waals surface area contributed by atoms with Crippen molar-refractivity contribution < 1.29 is 0 Å². The first-order valence-corrected chi connectivity index (χ1v) is 22.2. The molecule has 0 unspecified atom stereocenters. The molecule has 11 aromatic rings. The molecule has 12 rings (SSSR count). The van der Waals surface area contributed by atoms with Crippen molar-refractivity contribution in [2.45, 2.75) is 5.41 Å². The van der Waals surface area contributed by atoms with E-state index in [9.17, 15) is 0 Å². The Morgan fingerprint density at radius 2 is 0.646 bits per heavy atom. The Kier molecular flexibility index (Phi) is 9.39. The Bertz CT molecular complexity index is 3470. The van der Waals surface area contributed by atoms with Gasteiger partial charge in [0, 0.05) is 16.7 Å². The Hall–Kier alpha value is -8.53. The summed E-state index contributed by atoms with van der Waals surface area (Å²) in [4.78, 5) is 15.6. The van der Waals surface area contributed by atoms with Crippen LogP contribution in [0, 0.1) is 0 Å². The highest BCUT2D eigenvalue weighted by Gasteiger charge is 2.46. The monoisotopic (exact) mass is 827 g/mol. The van der Waals surface area contributed by atoms with Gasteiger partial charge in [-0.2, -0.15) is 0 Å². The van der Waals surface area contributed by atoms with Gasteiger partial charge >= 0.3 is 0 Å². The van der Waals surface area contributed by atoms with Crippen LogP contribution in [0.3, 0.4) is 0 Å². The highest BCUT2D eigenvalue weighted by molar-refractivity contribution is 5.91. The molecule has 0 fully saturated rings. The lowest BCUT2D eigenvalue weighted by Crippen LogP contribution is -2.28. The van der Waals surface area contributed by atoms with E-state index in [0.717, 1.165) is 44.5 Å². The fourth-order valence-electron chi connectivity index (χ4n) is 9.88. The molecule has 0 saturated carbocycles. The summed E-state index contributed by atoms with van der Waals surface area (Å²) in [6, 6.07) is 89.2. The van der Waals surface area contributed by atoms with Crippen molar-refractivity contribution in [3.63, 3.8) is 0 Å². The van der Waals surface area contributed by atoms with Crippen LogP contribution in [0.2, 0.25) is 0 Å². The minimum absolute atomic E-state index is 0.521. The molecule has 10 aromatic carbocycles. The minimum Gasteiger partial charge on any atom is -0.208 e. The Morgan fingerprint density at radius 1 is 0.231 bits per heavy atom. The molecule has 1 aliphatic carbocycles. The average molecular weight is 828 g/mol. The van der Waals surface area contributed by atoms with Gasteiger partial charge in [0.2, 0.25) is 0 Å². The quantitative estimate of drug-likeness (QED) is 0.153. The third-order valence-corrected chi connectivity index (χ3v) is 13.0. The smallest absolute Gasteiger partial charge is 0.164 e. The maximum absolute atomic E-state index is 5.29. The predicted molar refractivity (Wildman–Crippen MR) is 267 cm³/mol. The third-order valence-electron chi connectivity index (χ3n) is 13.0. The van der Waals surface area contributed by atoms with Gasteiger partial charge in [-0.25, -0.2) is 15.0 Å². The number of rotatable bonds is 8. The fourth-order valence-corrected chi connectivity index (χ4v) is 9.88. The molecule has 3 nitrogen and oxygen atoms in total. The van der Waals surface area contributed by atoms with E-state index in [4.69, 9.17) is 15.0 Å². The van der Waals surface area contributed by atoms with Gasteiger partial charge in [-0.05, 0) is 108 Å². The lowest BCUT2D eigenvalue weighted by Gasteiger charge is -2.34. The fraction of sp³-hybridized carbons (Fsp3) is 0.0161. The van der Waals surface area contributed by atoms with Gasteiger partial charge < -0.3 is 0 Å². The van der Waals surface area contributed by atoms with E-state index >= 15 is 0 Å². The molecular weight excluding hydrogens is 787 g/mol. The second-order valence-corrected chi connectivity index (χ2v) is 16.8. The molecule has 0 radical (unpaired) electrons. The van der Waals surface area contributed by atoms with Crippen molar-refractivity contribution in [2.24, 2.45) is 0 Å². The summed E-state index contributed by atoms with van der Waals surface area (Å²) < 4.78 is 0. The minimum atomic E-state index is -0.521. The molecule has 1 aliphatic rings. The van der Waals surface area contributed by atoms with E-state index in [1.54, 1.807) is 0 Å². The van der Waals surface area contributed by atoms with Gasteiger partial charge in [0.1, 0.15) is 0 Å². The molecule has 1 aromatic heterocycles. The molecule has 0 bridgehead atoms. The standard InChI is InChI=1S/C62H41N3/c1-5-17-42(18-6-1)44-29-32-46(33-30-44)60-63-59(45-20-7-2-8-21-45)64-61(65-60)52-39-50(48-34-31-43-19-13-14-22-47(43)37-48)38-51(40-52)49-35-36-56-55-27-15-16-28-57(55)62(58(56)41-49,53-23-9-3-10-24-53)54-25-11-4-12-26-54/h1-41H.